The minimum Gasteiger partial charge on any atom is -0.488 e. The Morgan fingerprint density at radius 1 is 0.915 bits per heavy atom. The third-order valence-corrected chi connectivity index (χ3v) is 13.2. The summed E-state index contributed by atoms with van der Waals surface area (Å²) in [7, 11) is 0. The summed E-state index contributed by atoms with van der Waals surface area (Å²) in [6.07, 6.45) is 6.26. The van der Waals surface area contributed by atoms with Crippen LogP contribution in [0.1, 0.15) is 61.4 Å². The third-order valence-electron chi connectivity index (χ3n) is 13.2. The number of ether oxygens (including phenoxy) is 2. The van der Waals surface area contributed by atoms with Crippen LogP contribution in [0, 0.1) is 11.7 Å². The van der Waals surface area contributed by atoms with Crippen molar-refractivity contribution in [2.24, 2.45) is 5.92 Å². The van der Waals surface area contributed by atoms with E-state index in [0.29, 0.717) is 22.7 Å². The van der Waals surface area contributed by atoms with E-state index in [1.165, 1.54) is 4.90 Å². The molecule has 1 saturated carbocycles. The minimum atomic E-state index is -0.762. The predicted octanol–water partition coefficient (Wildman–Crippen LogP) is 3.59. The summed E-state index contributed by atoms with van der Waals surface area (Å²) in [5.41, 5.74) is 3.63. The van der Waals surface area contributed by atoms with Crippen molar-refractivity contribution in [3.63, 3.8) is 0 Å². The molecule has 5 aliphatic heterocycles. The first-order valence-electron chi connectivity index (χ1n) is 21.2. The molecule has 1 unspecified atom stereocenters. The number of halogens is 1. The van der Waals surface area contributed by atoms with Crippen LogP contribution in [0.4, 0.5) is 15.9 Å². The summed E-state index contributed by atoms with van der Waals surface area (Å²) in [4.78, 5) is 57.4. The SMILES string of the molecule is CC1(Oc2ccc3[nH]nc(-c4cc(N5CCN(C[C@H]6CN(CC7CCN(c8ccc9c(c8F)CN(C8CCC(=O)NC8=O)C9=O)CC7)CCO6)CC5)ncn4)c3c2)CC1. The number of piperazine rings is 1. The van der Waals surface area contributed by atoms with Crippen molar-refractivity contribution >= 4 is 40.1 Å². The Balaban J connectivity index is 0.694. The number of piperidine rings is 2. The molecule has 5 fully saturated rings. The molecule has 0 bridgehead atoms. The van der Waals surface area contributed by atoms with Gasteiger partial charge in [-0.1, -0.05) is 0 Å². The lowest BCUT2D eigenvalue weighted by Gasteiger charge is -2.41. The van der Waals surface area contributed by atoms with Gasteiger partial charge in [0, 0.05) is 94.4 Å². The second kappa shape index (κ2) is 15.4. The lowest BCUT2D eigenvalue weighted by Crippen LogP contribution is -2.53. The Bertz CT molecular complexity index is 2270. The van der Waals surface area contributed by atoms with E-state index in [2.05, 4.69) is 58.1 Å². The molecular weight excluding hydrogens is 756 g/mol. The molecule has 4 saturated heterocycles. The molecular formula is C43H51FN10O5. The maximum Gasteiger partial charge on any atom is 0.255 e. The minimum absolute atomic E-state index is 0.0364. The van der Waals surface area contributed by atoms with Crippen molar-refractivity contribution in [2.75, 3.05) is 81.9 Å². The lowest BCUT2D eigenvalue weighted by molar-refractivity contribution is -0.136. The van der Waals surface area contributed by atoms with E-state index in [4.69, 9.17) is 9.47 Å². The van der Waals surface area contributed by atoms with Crippen LogP contribution in [0.2, 0.25) is 0 Å². The Morgan fingerprint density at radius 3 is 2.54 bits per heavy atom. The van der Waals surface area contributed by atoms with Crippen molar-refractivity contribution in [1.82, 2.24) is 40.2 Å². The average molecular weight is 807 g/mol. The zero-order valence-electron chi connectivity index (χ0n) is 33.5. The van der Waals surface area contributed by atoms with Crippen LogP contribution in [0.15, 0.2) is 42.7 Å². The van der Waals surface area contributed by atoms with E-state index in [-0.39, 0.29) is 48.7 Å². The number of benzene rings is 2. The number of nitrogens with zero attached hydrogens (tertiary/aromatic N) is 8. The van der Waals surface area contributed by atoms with Gasteiger partial charge in [0.05, 0.1) is 36.2 Å². The van der Waals surface area contributed by atoms with Gasteiger partial charge in [-0.25, -0.2) is 14.4 Å². The highest BCUT2D eigenvalue weighted by molar-refractivity contribution is 6.05. The summed E-state index contributed by atoms with van der Waals surface area (Å²) in [5, 5.41) is 11.1. The average Bonchev–Trinajstić information content (AvgIpc) is 3.65. The molecule has 0 spiro atoms. The molecule has 3 amide bonds. The summed E-state index contributed by atoms with van der Waals surface area (Å²) >= 11 is 0. The Kier molecular flexibility index (Phi) is 9.96. The first kappa shape index (κ1) is 38.0. The second-order valence-electron chi connectivity index (χ2n) is 17.4. The maximum atomic E-state index is 16.0. The molecule has 16 heteroatoms. The standard InChI is InChI=1S/C43H51FN10O5/c1-43(10-11-43)59-28-2-4-33-31(20-28)40(49-48-33)34-21-37(46-26-45-34)53-16-14-50(15-17-53)23-29-24-51(18-19-58-29)22-27-8-12-52(13-9-27)35-5-3-30-32(39(35)44)25-54(42(30)57)36-6-7-38(55)47-41(36)56/h2-5,20-21,26-27,29,36H,6-19,22-25H2,1H3,(H,48,49)(H,47,55,56)/t29-,36?/m0/s1. The molecule has 1 aliphatic carbocycles. The molecule has 59 heavy (non-hydrogen) atoms. The highest BCUT2D eigenvalue weighted by Crippen LogP contribution is 2.41. The number of carbonyl (C=O) groups is 3. The van der Waals surface area contributed by atoms with E-state index in [1.807, 2.05) is 18.2 Å². The first-order chi connectivity index (χ1) is 28.7. The zero-order valence-corrected chi connectivity index (χ0v) is 33.5. The molecule has 10 rings (SSSR count). The molecule has 15 nitrogen and oxygen atoms in total. The molecule has 2 aromatic heterocycles. The third kappa shape index (κ3) is 7.73. The van der Waals surface area contributed by atoms with Crippen molar-refractivity contribution in [1.29, 1.82) is 0 Å². The van der Waals surface area contributed by atoms with Gasteiger partial charge in [-0.15, -0.1) is 0 Å². The number of aromatic nitrogens is 4. The van der Waals surface area contributed by atoms with Gasteiger partial charge in [0.15, 0.2) is 5.82 Å². The maximum absolute atomic E-state index is 16.0. The van der Waals surface area contributed by atoms with Crippen molar-refractivity contribution in [3.8, 4) is 17.1 Å². The van der Waals surface area contributed by atoms with Gasteiger partial charge >= 0.3 is 0 Å². The number of hydrogen-bond acceptors (Lipinski definition) is 12. The number of imide groups is 1. The first-order valence-corrected chi connectivity index (χ1v) is 21.2. The molecule has 7 heterocycles. The number of nitrogens with one attached hydrogen (secondary N) is 2. The Morgan fingerprint density at radius 2 is 1.75 bits per heavy atom. The van der Waals surface area contributed by atoms with Crippen LogP contribution in [0.3, 0.4) is 0 Å². The van der Waals surface area contributed by atoms with Crippen LogP contribution in [0.5, 0.6) is 5.75 Å². The fraction of sp³-hybridized carbons (Fsp3) is 0.535. The fourth-order valence-electron chi connectivity index (χ4n) is 9.53. The molecule has 2 N–H and O–H groups in total. The number of amides is 3. The van der Waals surface area contributed by atoms with Gasteiger partial charge in [-0.2, -0.15) is 5.10 Å². The number of anilines is 2. The Hall–Kier alpha value is -5.19. The predicted molar refractivity (Wildman–Crippen MR) is 218 cm³/mol. The van der Waals surface area contributed by atoms with Crippen LogP contribution < -0.4 is 19.9 Å². The summed E-state index contributed by atoms with van der Waals surface area (Å²) in [5.74, 6) is 0.691. The van der Waals surface area contributed by atoms with E-state index in [0.717, 1.165) is 132 Å². The highest BCUT2D eigenvalue weighted by Gasteiger charge is 2.42. The monoisotopic (exact) mass is 806 g/mol. The van der Waals surface area contributed by atoms with E-state index >= 15 is 4.39 Å². The van der Waals surface area contributed by atoms with E-state index in [1.54, 1.807) is 18.5 Å². The van der Waals surface area contributed by atoms with Gasteiger partial charge in [0.2, 0.25) is 11.8 Å². The van der Waals surface area contributed by atoms with Gasteiger partial charge in [0.1, 0.15) is 35.2 Å². The number of rotatable bonds is 10. The summed E-state index contributed by atoms with van der Waals surface area (Å²) in [6, 6.07) is 10.7. The number of carbonyl (C=O) groups excluding carboxylic acids is 3. The highest BCUT2D eigenvalue weighted by atomic mass is 19.1. The van der Waals surface area contributed by atoms with Crippen LogP contribution >= 0.6 is 0 Å². The summed E-state index contributed by atoms with van der Waals surface area (Å²) in [6.45, 7) is 11.7. The summed E-state index contributed by atoms with van der Waals surface area (Å²) < 4.78 is 28.5. The van der Waals surface area contributed by atoms with Crippen molar-refractivity contribution in [3.05, 3.63) is 59.7 Å². The van der Waals surface area contributed by atoms with Gasteiger partial charge in [-0.05, 0) is 75.3 Å². The van der Waals surface area contributed by atoms with Crippen LogP contribution in [-0.4, -0.2) is 142 Å². The smallest absolute Gasteiger partial charge is 0.255 e. The molecule has 2 aromatic carbocycles. The number of H-pyrrole nitrogens is 1. The number of aromatic amines is 1. The number of hydrogen-bond donors (Lipinski definition) is 2. The number of fused-ring (bicyclic) bond motifs is 2. The molecule has 0 radical (unpaired) electrons. The van der Waals surface area contributed by atoms with E-state index in [9.17, 15) is 14.4 Å². The topological polar surface area (TPSA) is 152 Å². The van der Waals surface area contributed by atoms with Gasteiger partial charge < -0.3 is 24.2 Å². The molecule has 4 aromatic rings. The fourth-order valence-corrected chi connectivity index (χ4v) is 9.53. The number of morpholine rings is 1. The van der Waals surface area contributed by atoms with Crippen molar-refractivity contribution < 1.29 is 28.2 Å². The van der Waals surface area contributed by atoms with E-state index < -0.39 is 11.9 Å². The molecule has 6 aliphatic rings. The molecule has 2 atom stereocenters. The van der Waals surface area contributed by atoms with Gasteiger partial charge in [0.25, 0.3) is 5.91 Å². The van der Waals surface area contributed by atoms with Gasteiger partial charge in [-0.3, -0.25) is 34.6 Å². The molecule has 310 valence electrons. The Labute approximate surface area is 342 Å². The zero-order chi connectivity index (χ0) is 40.3. The lowest BCUT2D eigenvalue weighted by atomic mass is 9.95. The quantitative estimate of drug-likeness (QED) is 0.226. The van der Waals surface area contributed by atoms with Crippen LogP contribution in [0.25, 0.3) is 22.3 Å². The normalized spacial score (nSPS) is 24.2. The largest absolute Gasteiger partial charge is 0.488 e. The second-order valence-corrected chi connectivity index (χ2v) is 17.4. The van der Waals surface area contributed by atoms with Crippen molar-refractivity contribution in [2.45, 2.75) is 69.7 Å². The van der Waals surface area contributed by atoms with Crippen LogP contribution in [-0.2, 0) is 20.9 Å².